The van der Waals surface area contributed by atoms with E-state index in [1.807, 2.05) is 0 Å². The summed E-state index contributed by atoms with van der Waals surface area (Å²) in [5, 5.41) is 4.99. The predicted molar refractivity (Wildman–Crippen MR) is 76.2 cm³/mol. The molecule has 0 saturated carbocycles. The maximum absolute atomic E-state index is 12.2. The standard InChI is InChI=1S/C13H14N2O4S/c1-17-9-7-11(19-3)10(18-2)6-8(9)12(16)15-13-14-4-5-20-13/h4-7H,1-3H3,(H,14,15,16). The number of anilines is 1. The number of aromatic nitrogens is 1. The molecule has 6 nitrogen and oxygen atoms in total. The average Bonchev–Trinajstić information content (AvgIpc) is 2.98. The number of carbonyl (C=O) groups is 1. The van der Waals surface area contributed by atoms with Crippen LogP contribution in [0.25, 0.3) is 0 Å². The van der Waals surface area contributed by atoms with Crippen LogP contribution in [0.1, 0.15) is 10.4 Å². The Morgan fingerprint density at radius 1 is 1.10 bits per heavy atom. The highest BCUT2D eigenvalue weighted by atomic mass is 32.1. The Morgan fingerprint density at radius 3 is 2.30 bits per heavy atom. The number of hydrogen-bond donors (Lipinski definition) is 1. The lowest BCUT2D eigenvalue weighted by Crippen LogP contribution is -2.13. The third-order valence-corrected chi connectivity index (χ3v) is 3.29. The first-order valence-electron chi connectivity index (χ1n) is 5.70. The van der Waals surface area contributed by atoms with Gasteiger partial charge >= 0.3 is 0 Å². The topological polar surface area (TPSA) is 69.7 Å². The largest absolute Gasteiger partial charge is 0.496 e. The first-order chi connectivity index (χ1) is 9.69. The van der Waals surface area contributed by atoms with Gasteiger partial charge in [0, 0.05) is 23.7 Å². The summed E-state index contributed by atoms with van der Waals surface area (Å²) in [6.45, 7) is 0. The average molecular weight is 294 g/mol. The molecule has 0 bridgehead atoms. The second-order valence-corrected chi connectivity index (χ2v) is 4.59. The molecule has 0 atom stereocenters. The lowest BCUT2D eigenvalue weighted by molar-refractivity contribution is 0.102. The monoisotopic (exact) mass is 294 g/mol. The van der Waals surface area contributed by atoms with Gasteiger partial charge in [-0.3, -0.25) is 10.1 Å². The molecule has 0 aliphatic heterocycles. The molecule has 0 spiro atoms. The first-order valence-corrected chi connectivity index (χ1v) is 6.58. The Bertz CT molecular complexity index is 599. The molecular formula is C13H14N2O4S. The summed E-state index contributed by atoms with van der Waals surface area (Å²) in [6.07, 6.45) is 1.62. The van der Waals surface area contributed by atoms with E-state index in [0.29, 0.717) is 27.9 Å². The van der Waals surface area contributed by atoms with Gasteiger partial charge in [0.1, 0.15) is 5.75 Å². The van der Waals surface area contributed by atoms with Gasteiger partial charge < -0.3 is 14.2 Å². The van der Waals surface area contributed by atoms with E-state index in [0.717, 1.165) is 0 Å². The molecular weight excluding hydrogens is 280 g/mol. The molecule has 0 unspecified atom stereocenters. The highest BCUT2D eigenvalue weighted by Gasteiger charge is 2.18. The van der Waals surface area contributed by atoms with Gasteiger partial charge in [-0.1, -0.05) is 0 Å². The summed E-state index contributed by atoms with van der Waals surface area (Å²) in [5.74, 6) is 1.03. The minimum absolute atomic E-state index is 0.322. The summed E-state index contributed by atoms with van der Waals surface area (Å²) < 4.78 is 15.6. The van der Waals surface area contributed by atoms with Crippen LogP contribution in [0.4, 0.5) is 5.13 Å². The van der Waals surface area contributed by atoms with Crippen molar-refractivity contribution in [2.45, 2.75) is 0 Å². The number of benzene rings is 1. The van der Waals surface area contributed by atoms with E-state index in [2.05, 4.69) is 10.3 Å². The number of amides is 1. The minimum atomic E-state index is -0.322. The number of carbonyl (C=O) groups excluding carboxylic acids is 1. The molecule has 106 valence electrons. The van der Waals surface area contributed by atoms with Gasteiger partial charge in [0.15, 0.2) is 16.6 Å². The summed E-state index contributed by atoms with van der Waals surface area (Å²) in [4.78, 5) is 16.2. The van der Waals surface area contributed by atoms with Crippen molar-refractivity contribution < 1.29 is 19.0 Å². The molecule has 0 fully saturated rings. The van der Waals surface area contributed by atoms with Gasteiger partial charge in [-0.05, 0) is 0 Å². The molecule has 0 radical (unpaired) electrons. The number of rotatable bonds is 5. The van der Waals surface area contributed by atoms with Crippen LogP contribution in [0.5, 0.6) is 17.2 Å². The molecule has 0 aliphatic carbocycles. The Balaban J connectivity index is 2.36. The fraction of sp³-hybridized carbons (Fsp3) is 0.231. The first kappa shape index (κ1) is 14.1. The maximum atomic E-state index is 12.2. The third kappa shape index (κ3) is 2.83. The van der Waals surface area contributed by atoms with E-state index in [4.69, 9.17) is 14.2 Å². The molecule has 20 heavy (non-hydrogen) atoms. The number of thiazole rings is 1. The molecule has 2 rings (SSSR count). The quantitative estimate of drug-likeness (QED) is 0.917. The number of methoxy groups -OCH3 is 3. The van der Waals surface area contributed by atoms with Crippen LogP contribution in [0.15, 0.2) is 23.7 Å². The van der Waals surface area contributed by atoms with Gasteiger partial charge in [0.05, 0.1) is 26.9 Å². The molecule has 1 aromatic carbocycles. The summed E-state index contributed by atoms with van der Waals surface area (Å²) in [5.41, 5.74) is 0.348. The lowest BCUT2D eigenvalue weighted by atomic mass is 10.1. The SMILES string of the molecule is COc1cc(OC)c(C(=O)Nc2nccs2)cc1OC. The van der Waals surface area contributed by atoms with Crippen LogP contribution in [0, 0.1) is 0 Å². The van der Waals surface area contributed by atoms with Gasteiger partial charge in [0.25, 0.3) is 5.91 Å². The van der Waals surface area contributed by atoms with Crippen LogP contribution in [-0.4, -0.2) is 32.2 Å². The van der Waals surface area contributed by atoms with E-state index in [1.54, 1.807) is 23.7 Å². The third-order valence-electron chi connectivity index (χ3n) is 2.60. The molecule has 1 aromatic heterocycles. The van der Waals surface area contributed by atoms with E-state index in [9.17, 15) is 4.79 Å². The Hall–Kier alpha value is -2.28. The second kappa shape index (κ2) is 6.25. The Morgan fingerprint density at radius 2 is 1.75 bits per heavy atom. The van der Waals surface area contributed by atoms with E-state index in [1.165, 1.54) is 32.7 Å². The molecule has 7 heteroatoms. The molecule has 1 heterocycles. The van der Waals surface area contributed by atoms with Gasteiger partial charge in [0.2, 0.25) is 0 Å². The van der Waals surface area contributed by atoms with Gasteiger partial charge in [-0.15, -0.1) is 11.3 Å². The zero-order valence-electron chi connectivity index (χ0n) is 11.3. The van der Waals surface area contributed by atoms with Crippen molar-refractivity contribution in [3.8, 4) is 17.2 Å². The van der Waals surface area contributed by atoms with Crippen LogP contribution >= 0.6 is 11.3 Å². The summed E-state index contributed by atoms with van der Waals surface area (Å²) >= 11 is 1.34. The Labute approximate surface area is 120 Å². The highest BCUT2D eigenvalue weighted by Crippen LogP contribution is 2.34. The number of nitrogens with one attached hydrogen (secondary N) is 1. The van der Waals surface area contributed by atoms with E-state index >= 15 is 0 Å². The van der Waals surface area contributed by atoms with Crippen LogP contribution in [0.2, 0.25) is 0 Å². The maximum Gasteiger partial charge on any atom is 0.261 e. The van der Waals surface area contributed by atoms with Crippen molar-refractivity contribution in [2.24, 2.45) is 0 Å². The Kier molecular flexibility index (Phi) is 4.41. The smallest absolute Gasteiger partial charge is 0.261 e. The summed E-state index contributed by atoms with van der Waals surface area (Å²) in [6, 6.07) is 3.18. The van der Waals surface area contributed by atoms with Gasteiger partial charge in [-0.2, -0.15) is 0 Å². The molecule has 1 amide bonds. The van der Waals surface area contributed by atoms with Crippen molar-refractivity contribution in [1.82, 2.24) is 4.98 Å². The summed E-state index contributed by atoms with van der Waals surface area (Å²) in [7, 11) is 4.51. The highest BCUT2D eigenvalue weighted by molar-refractivity contribution is 7.13. The van der Waals surface area contributed by atoms with Crippen molar-refractivity contribution in [3.05, 3.63) is 29.3 Å². The van der Waals surface area contributed by atoms with Crippen LogP contribution < -0.4 is 19.5 Å². The van der Waals surface area contributed by atoms with E-state index < -0.39 is 0 Å². The number of hydrogen-bond acceptors (Lipinski definition) is 6. The lowest BCUT2D eigenvalue weighted by Gasteiger charge is -2.13. The van der Waals surface area contributed by atoms with Crippen LogP contribution in [-0.2, 0) is 0 Å². The minimum Gasteiger partial charge on any atom is -0.496 e. The molecule has 1 N–H and O–H groups in total. The number of ether oxygens (including phenoxy) is 3. The van der Waals surface area contributed by atoms with Crippen molar-refractivity contribution in [2.75, 3.05) is 26.6 Å². The van der Waals surface area contributed by atoms with Crippen molar-refractivity contribution >= 4 is 22.4 Å². The molecule has 0 aliphatic rings. The van der Waals surface area contributed by atoms with Crippen LogP contribution in [0.3, 0.4) is 0 Å². The fourth-order valence-electron chi connectivity index (χ4n) is 1.66. The fourth-order valence-corrected chi connectivity index (χ4v) is 2.18. The zero-order chi connectivity index (χ0) is 14.5. The molecule has 2 aromatic rings. The number of nitrogens with zero attached hydrogens (tertiary/aromatic N) is 1. The molecule has 0 saturated heterocycles. The van der Waals surface area contributed by atoms with Gasteiger partial charge in [-0.25, -0.2) is 4.98 Å². The second-order valence-electron chi connectivity index (χ2n) is 3.70. The predicted octanol–water partition coefficient (Wildman–Crippen LogP) is 2.42. The van der Waals surface area contributed by atoms with Crippen molar-refractivity contribution in [3.63, 3.8) is 0 Å². The normalized spacial score (nSPS) is 9.95. The zero-order valence-corrected chi connectivity index (χ0v) is 12.1. The van der Waals surface area contributed by atoms with E-state index in [-0.39, 0.29) is 5.91 Å². The van der Waals surface area contributed by atoms with Crippen molar-refractivity contribution in [1.29, 1.82) is 0 Å².